The number of aliphatic hydroxyl groups is 1. The maximum Gasteiger partial charge on any atom is 0.328 e. The van der Waals surface area contributed by atoms with Gasteiger partial charge in [0, 0.05) is 0 Å². The van der Waals surface area contributed by atoms with Gasteiger partial charge >= 0.3 is 5.97 Å². The van der Waals surface area contributed by atoms with E-state index in [2.05, 4.69) is 16.0 Å². The molecule has 0 saturated heterocycles. The minimum atomic E-state index is -1.47. The Morgan fingerprint density at radius 3 is 1.80 bits per heavy atom. The number of nitrogens with one attached hydrogen (secondary N) is 3. The third-order valence-corrected chi connectivity index (χ3v) is 4.94. The number of aliphatic carboxylic acids is 1. The minimum Gasteiger partial charge on any atom is -0.480 e. The van der Waals surface area contributed by atoms with Crippen LogP contribution in [0.3, 0.4) is 0 Å². The van der Waals surface area contributed by atoms with Gasteiger partial charge in [0.05, 0.1) is 12.6 Å². The summed E-state index contributed by atoms with van der Waals surface area (Å²) in [5.74, 6) is -3.43. The zero-order valence-electron chi connectivity index (χ0n) is 18.8. The molecule has 5 atom stereocenters. The number of nitrogens with two attached hydrogens (primary N) is 1. The van der Waals surface area contributed by atoms with E-state index in [0.29, 0.717) is 6.42 Å². The van der Waals surface area contributed by atoms with Gasteiger partial charge in [0.15, 0.2) is 0 Å². The number of hydrogen-bond donors (Lipinski definition) is 6. The van der Waals surface area contributed by atoms with Crippen LogP contribution >= 0.6 is 0 Å². The van der Waals surface area contributed by atoms with Gasteiger partial charge in [-0.25, -0.2) is 4.79 Å². The molecule has 10 heteroatoms. The van der Waals surface area contributed by atoms with Crippen LogP contribution in [-0.4, -0.2) is 64.7 Å². The van der Waals surface area contributed by atoms with Crippen LogP contribution in [0.15, 0.2) is 0 Å². The third-order valence-electron chi connectivity index (χ3n) is 4.94. The minimum absolute atomic E-state index is 0.0179. The first kappa shape index (κ1) is 27.8. The highest BCUT2D eigenvalue weighted by Crippen LogP contribution is 2.10. The lowest BCUT2D eigenvalue weighted by Gasteiger charge is -2.28. The van der Waals surface area contributed by atoms with E-state index in [1.165, 1.54) is 0 Å². The zero-order chi connectivity index (χ0) is 23.6. The van der Waals surface area contributed by atoms with Crippen LogP contribution in [0, 0.1) is 17.8 Å². The molecule has 0 aromatic carbocycles. The molecule has 0 aliphatic carbocycles. The van der Waals surface area contributed by atoms with Crippen molar-refractivity contribution in [2.75, 3.05) is 6.61 Å². The van der Waals surface area contributed by atoms with Gasteiger partial charge in [-0.3, -0.25) is 14.4 Å². The molecule has 30 heavy (non-hydrogen) atoms. The summed E-state index contributed by atoms with van der Waals surface area (Å²) >= 11 is 0. The second kappa shape index (κ2) is 13.2. The molecule has 0 aliphatic heterocycles. The van der Waals surface area contributed by atoms with Crippen molar-refractivity contribution < 1.29 is 29.4 Å². The molecule has 0 spiro atoms. The van der Waals surface area contributed by atoms with Crippen molar-refractivity contribution in [3.05, 3.63) is 0 Å². The SMILES string of the molecule is CCC(C)C(N)C(=O)NC(C(=O)NC(CC(C)C)C(=O)NC(CO)C(=O)O)C(C)C. The van der Waals surface area contributed by atoms with Crippen LogP contribution < -0.4 is 21.7 Å². The number of hydrogen-bond acceptors (Lipinski definition) is 6. The molecule has 0 bridgehead atoms. The fraction of sp³-hybridized carbons (Fsp3) is 0.800. The van der Waals surface area contributed by atoms with E-state index in [4.69, 9.17) is 15.9 Å². The number of amides is 3. The van der Waals surface area contributed by atoms with Crippen molar-refractivity contribution in [2.24, 2.45) is 23.5 Å². The molecule has 0 saturated carbocycles. The van der Waals surface area contributed by atoms with Crippen molar-refractivity contribution in [1.29, 1.82) is 0 Å². The standard InChI is InChI=1S/C20H38N4O6/c1-7-12(6)15(21)18(27)24-16(11(4)5)19(28)22-13(8-10(2)3)17(26)23-14(9-25)20(29)30/h10-16,25H,7-9,21H2,1-6H3,(H,22,28)(H,23,26)(H,24,27)(H,29,30). The van der Waals surface area contributed by atoms with Gasteiger partial charge in [-0.05, 0) is 24.2 Å². The molecule has 0 aromatic heterocycles. The fourth-order valence-corrected chi connectivity index (χ4v) is 2.72. The van der Waals surface area contributed by atoms with Gasteiger partial charge < -0.3 is 31.9 Å². The van der Waals surface area contributed by atoms with Crippen molar-refractivity contribution in [3.63, 3.8) is 0 Å². The Kier molecular flexibility index (Phi) is 12.2. The number of carbonyl (C=O) groups is 4. The Morgan fingerprint density at radius 1 is 0.867 bits per heavy atom. The molecular weight excluding hydrogens is 392 g/mol. The maximum atomic E-state index is 12.9. The van der Waals surface area contributed by atoms with Gasteiger partial charge in [0.2, 0.25) is 17.7 Å². The second-order valence-electron chi connectivity index (χ2n) is 8.41. The molecule has 10 nitrogen and oxygen atoms in total. The highest BCUT2D eigenvalue weighted by molar-refractivity contribution is 5.94. The summed E-state index contributed by atoms with van der Waals surface area (Å²) in [4.78, 5) is 48.9. The molecular formula is C20H38N4O6. The molecule has 0 aliphatic rings. The molecule has 0 radical (unpaired) electrons. The lowest BCUT2D eigenvalue weighted by atomic mass is 9.97. The quantitative estimate of drug-likeness (QED) is 0.231. The van der Waals surface area contributed by atoms with Crippen LogP contribution in [-0.2, 0) is 19.2 Å². The van der Waals surface area contributed by atoms with Gasteiger partial charge in [-0.1, -0.05) is 48.0 Å². The summed E-state index contributed by atoms with van der Waals surface area (Å²) in [5, 5.41) is 25.6. The summed E-state index contributed by atoms with van der Waals surface area (Å²) in [6, 6.07) is -4.17. The summed E-state index contributed by atoms with van der Waals surface area (Å²) in [7, 11) is 0. The largest absolute Gasteiger partial charge is 0.480 e. The van der Waals surface area contributed by atoms with Crippen molar-refractivity contribution >= 4 is 23.7 Å². The van der Waals surface area contributed by atoms with E-state index in [1.54, 1.807) is 13.8 Å². The van der Waals surface area contributed by atoms with E-state index >= 15 is 0 Å². The van der Waals surface area contributed by atoms with E-state index in [1.807, 2.05) is 27.7 Å². The molecule has 3 amide bonds. The Hall–Kier alpha value is -2.20. The molecule has 0 aromatic rings. The number of carbonyl (C=O) groups excluding carboxylic acids is 3. The van der Waals surface area contributed by atoms with Crippen LogP contribution in [0.1, 0.15) is 54.4 Å². The smallest absolute Gasteiger partial charge is 0.328 e. The van der Waals surface area contributed by atoms with Crippen molar-refractivity contribution in [2.45, 2.75) is 78.6 Å². The Morgan fingerprint density at radius 2 is 1.40 bits per heavy atom. The van der Waals surface area contributed by atoms with E-state index in [9.17, 15) is 19.2 Å². The molecule has 7 N–H and O–H groups in total. The zero-order valence-corrected chi connectivity index (χ0v) is 18.8. The predicted octanol–water partition coefficient (Wildman–Crippen LogP) is -0.407. The average Bonchev–Trinajstić information content (AvgIpc) is 2.66. The summed E-state index contributed by atoms with van der Waals surface area (Å²) in [5.41, 5.74) is 5.95. The highest BCUT2D eigenvalue weighted by Gasteiger charge is 2.32. The predicted molar refractivity (Wildman–Crippen MR) is 112 cm³/mol. The van der Waals surface area contributed by atoms with Crippen LogP contribution in [0.4, 0.5) is 0 Å². The first-order valence-corrected chi connectivity index (χ1v) is 10.4. The molecule has 174 valence electrons. The fourth-order valence-electron chi connectivity index (χ4n) is 2.72. The summed E-state index contributed by atoms with van der Waals surface area (Å²) < 4.78 is 0. The average molecular weight is 431 g/mol. The van der Waals surface area contributed by atoms with Gasteiger partial charge in [-0.15, -0.1) is 0 Å². The second-order valence-corrected chi connectivity index (χ2v) is 8.41. The maximum absolute atomic E-state index is 12.9. The highest BCUT2D eigenvalue weighted by atomic mass is 16.4. The van der Waals surface area contributed by atoms with Gasteiger partial charge in [0.25, 0.3) is 0 Å². The molecule has 0 heterocycles. The number of carboxylic acids is 1. The van der Waals surface area contributed by atoms with Crippen molar-refractivity contribution in [3.8, 4) is 0 Å². The Labute approximate surface area is 178 Å². The number of carboxylic acid groups (broad SMARTS) is 1. The summed E-state index contributed by atoms with van der Waals surface area (Å²) in [6.45, 7) is 10.2. The first-order chi connectivity index (χ1) is 13.8. The van der Waals surface area contributed by atoms with Crippen LogP contribution in [0.2, 0.25) is 0 Å². The van der Waals surface area contributed by atoms with Crippen molar-refractivity contribution in [1.82, 2.24) is 16.0 Å². The lowest BCUT2D eigenvalue weighted by Crippen LogP contribution is -2.59. The van der Waals surface area contributed by atoms with E-state index in [-0.39, 0.29) is 24.2 Å². The number of rotatable bonds is 13. The Bertz CT molecular complexity index is 596. The third kappa shape index (κ3) is 9.08. The topological polar surface area (TPSA) is 171 Å². The monoisotopic (exact) mass is 430 g/mol. The van der Waals surface area contributed by atoms with E-state index < -0.39 is 54.5 Å². The van der Waals surface area contributed by atoms with Crippen LogP contribution in [0.25, 0.3) is 0 Å². The molecule has 0 fully saturated rings. The Balaban J connectivity index is 5.38. The molecule has 0 rings (SSSR count). The van der Waals surface area contributed by atoms with Crippen LogP contribution in [0.5, 0.6) is 0 Å². The number of aliphatic hydroxyl groups excluding tert-OH is 1. The van der Waals surface area contributed by atoms with Gasteiger partial charge in [-0.2, -0.15) is 0 Å². The van der Waals surface area contributed by atoms with Gasteiger partial charge in [0.1, 0.15) is 18.1 Å². The first-order valence-electron chi connectivity index (χ1n) is 10.4. The molecule has 5 unspecified atom stereocenters. The summed E-state index contributed by atoms with van der Waals surface area (Å²) in [6.07, 6.45) is 0.958. The van der Waals surface area contributed by atoms with E-state index in [0.717, 1.165) is 0 Å². The normalized spacial score (nSPS) is 16.3. The lowest BCUT2D eigenvalue weighted by molar-refractivity contribution is -0.143.